The molecule has 0 aliphatic heterocycles. The van der Waals surface area contributed by atoms with E-state index < -0.39 is 0 Å². The second-order valence-electron chi connectivity index (χ2n) is 4.14. The van der Waals surface area contributed by atoms with Crippen LogP contribution in [0, 0.1) is 5.92 Å². The van der Waals surface area contributed by atoms with Crippen molar-refractivity contribution in [3.05, 3.63) is 36.2 Å². The van der Waals surface area contributed by atoms with E-state index in [2.05, 4.69) is 30.3 Å². The Kier molecular flexibility index (Phi) is 2.73. The topological polar surface area (TPSA) is 29.3 Å². The number of fused-ring (bicyclic) bond motifs is 1. The highest BCUT2D eigenvalue weighted by Crippen LogP contribution is 2.24. The highest BCUT2D eigenvalue weighted by atomic mass is 15.2. The fourth-order valence-electron chi connectivity index (χ4n) is 2.04. The SMILES string of the molecule is CNC(c1cnn2ccccc12)C(C)C. The van der Waals surface area contributed by atoms with E-state index in [1.807, 2.05) is 36.1 Å². The first-order valence-corrected chi connectivity index (χ1v) is 5.33. The van der Waals surface area contributed by atoms with Gasteiger partial charge in [-0.05, 0) is 25.1 Å². The van der Waals surface area contributed by atoms with Gasteiger partial charge in [0.2, 0.25) is 0 Å². The third kappa shape index (κ3) is 1.75. The molecule has 2 aromatic rings. The molecule has 1 N–H and O–H groups in total. The largest absolute Gasteiger partial charge is 0.313 e. The molecule has 0 saturated heterocycles. The zero-order valence-corrected chi connectivity index (χ0v) is 9.44. The van der Waals surface area contributed by atoms with Gasteiger partial charge in [-0.15, -0.1) is 0 Å². The predicted molar refractivity (Wildman–Crippen MR) is 61.8 cm³/mol. The molecule has 0 bridgehead atoms. The summed E-state index contributed by atoms with van der Waals surface area (Å²) < 4.78 is 1.92. The Morgan fingerprint density at radius 3 is 2.80 bits per heavy atom. The Morgan fingerprint density at radius 1 is 1.33 bits per heavy atom. The number of rotatable bonds is 3. The Bertz CT molecular complexity index is 445. The minimum Gasteiger partial charge on any atom is -0.313 e. The zero-order valence-electron chi connectivity index (χ0n) is 9.44. The zero-order chi connectivity index (χ0) is 10.8. The van der Waals surface area contributed by atoms with Crippen LogP contribution < -0.4 is 5.32 Å². The molecule has 1 unspecified atom stereocenters. The Hall–Kier alpha value is -1.35. The van der Waals surface area contributed by atoms with E-state index in [0.717, 1.165) is 0 Å². The molecule has 0 aromatic carbocycles. The maximum absolute atomic E-state index is 4.35. The molecule has 0 spiro atoms. The molecule has 1 atom stereocenters. The van der Waals surface area contributed by atoms with Crippen LogP contribution in [0.2, 0.25) is 0 Å². The molecular weight excluding hydrogens is 186 g/mol. The van der Waals surface area contributed by atoms with Gasteiger partial charge in [-0.25, -0.2) is 4.52 Å². The summed E-state index contributed by atoms with van der Waals surface area (Å²) in [5, 5.41) is 7.69. The van der Waals surface area contributed by atoms with Gasteiger partial charge in [0.05, 0.1) is 11.7 Å². The number of hydrogen-bond acceptors (Lipinski definition) is 2. The van der Waals surface area contributed by atoms with Crippen LogP contribution in [0.4, 0.5) is 0 Å². The summed E-state index contributed by atoms with van der Waals surface area (Å²) in [5.74, 6) is 0.559. The molecule has 3 nitrogen and oxygen atoms in total. The van der Waals surface area contributed by atoms with Gasteiger partial charge < -0.3 is 5.32 Å². The van der Waals surface area contributed by atoms with Gasteiger partial charge in [0.15, 0.2) is 0 Å². The normalized spacial score (nSPS) is 13.6. The average molecular weight is 203 g/mol. The first-order chi connectivity index (χ1) is 7.24. The molecule has 2 aromatic heterocycles. The van der Waals surface area contributed by atoms with Crippen molar-refractivity contribution in [1.29, 1.82) is 0 Å². The maximum Gasteiger partial charge on any atom is 0.0709 e. The second-order valence-corrected chi connectivity index (χ2v) is 4.14. The predicted octanol–water partition coefficient (Wildman–Crippen LogP) is 2.25. The van der Waals surface area contributed by atoms with Crippen LogP contribution in [0.15, 0.2) is 30.6 Å². The second kappa shape index (κ2) is 4.03. The molecule has 3 heteroatoms. The minimum atomic E-state index is 0.366. The number of hydrogen-bond donors (Lipinski definition) is 1. The number of nitrogens with zero attached hydrogens (tertiary/aromatic N) is 2. The molecule has 0 aliphatic rings. The average Bonchev–Trinajstić information content (AvgIpc) is 2.63. The molecule has 0 aliphatic carbocycles. The van der Waals surface area contributed by atoms with Crippen LogP contribution in [0.3, 0.4) is 0 Å². The molecular formula is C12H17N3. The van der Waals surface area contributed by atoms with Gasteiger partial charge in [0.25, 0.3) is 0 Å². The highest BCUT2D eigenvalue weighted by molar-refractivity contribution is 5.54. The Balaban J connectivity index is 2.51. The summed E-state index contributed by atoms with van der Waals surface area (Å²) in [6, 6.07) is 6.51. The van der Waals surface area contributed by atoms with E-state index in [9.17, 15) is 0 Å². The van der Waals surface area contributed by atoms with Crippen LogP contribution in [-0.4, -0.2) is 16.7 Å². The van der Waals surface area contributed by atoms with Crippen molar-refractivity contribution in [2.24, 2.45) is 5.92 Å². The highest BCUT2D eigenvalue weighted by Gasteiger charge is 2.17. The van der Waals surface area contributed by atoms with Gasteiger partial charge in [-0.3, -0.25) is 0 Å². The molecule has 2 rings (SSSR count). The molecule has 2 heterocycles. The van der Waals surface area contributed by atoms with Crippen molar-refractivity contribution in [2.75, 3.05) is 7.05 Å². The van der Waals surface area contributed by atoms with Gasteiger partial charge in [-0.2, -0.15) is 5.10 Å². The monoisotopic (exact) mass is 203 g/mol. The van der Waals surface area contributed by atoms with Crippen molar-refractivity contribution in [3.8, 4) is 0 Å². The summed E-state index contributed by atoms with van der Waals surface area (Å²) in [6.45, 7) is 4.43. The lowest BCUT2D eigenvalue weighted by molar-refractivity contribution is 0.445. The number of aromatic nitrogens is 2. The molecule has 0 fully saturated rings. The Morgan fingerprint density at radius 2 is 2.13 bits per heavy atom. The summed E-state index contributed by atoms with van der Waals surface area (Å²) >= 11 is 0. The van der Waals surface area contributed by atoms with E-state index in [1.54, 1.807) is 0 Å². The molecule has 0 saturated carbocycles. The van der Waals surface area contributed by atoms with Gasteiger partial charge in [0, 0.05) is 17.8 Å². The van der Waals surface area contributed by atoms with E-state index >= 15 is 0 Å². The molecule has 0 radical (unpaired) electrons. The van der Waals surface area contributed by atoms with E-state index in [0.29, 0.717) is 12.0 Å². The van der Waals surface area contributed by atoms with Gasteiger partial charge in [0.1, 0.15) is 0 Å². The Labute approximate surface area is 90.1 Å². The molecule has 80 valence electrons. The molecule has 0 amide bonds. The smallest absolute Gasteiger partial charge is 0.0709 e. The lowest BCUT2D eigenvalue weighted by atomic mass is 9.97. The summed E-state index contributed by atoms with van der Waals surface area (Å²) in [5.41, 5.74) is 2.46. The summed E-state index contributed by atoms with van der Waals surface area (Å²) in [7, 11) is 2.00. The fourth-order valence-corrected chi connectivity index (χ4v) is 2.04. The number of nitrogens with one attached hydrogen (secondary N) is 1. The maximum atomic E-state index is 4.35. The van der Waals surface area contributed by atoms with Crippen molar-refractivity contribution < 1.29 is 0 Å². The first kappa shape index (κ1) is 10.2. The lowest BCUT2D eigenvalue weighted by Gasteiger charge is -2.19. The lowest BCUT2D eigenvalue weighted by Crippen LogP contribution is -2.21. The summed E-state index contributed by atoms with van der Waals surface area (Å²) in [6.07, 6.45) is 3.93. The molecule has 15 heavy (non-hydrogen) atoms. The van der Waals surface area contributed by atoms with Crippen LogP contribution >= 0.6 is 0 Å². The van der Waals surface area contributed by atoms with Crippen molar-refractivity contribution >= 4 is 5.52 Å². The number of pyridine rings is 1. The third-order valence-corrected chi connectivity index (χ3v) is 2.77. The van der Waals surface area contributed by atoms with Crippen molar-refractivity contribution in [1.82, 2.24) is 14.9 Å². The van der Waals surface area contributed by atoms with Gasteiger partial charge in [-0.1, -0.05) is 19.9 Å². The summed E-state index contributed by atoms with van der Waals surface area (Å²) in [4.78, 5) is 0. The van der Waals surface area contributed by atoms with Crippen LogP contribution in [0.25, 0.3) is 5.52 Å². The quantitative estimate of drug-likeness (QED) is 0.829. The van der Waals surface area contributed by atoms with Gasteiger partial charge >= 0.3 is 0 Å². The van der Waals surface area contributed by atoms with Crippen LogP contribution in [-0.2, 0) is 0 Å². The van der Waals surface area contributed by atoms with Crippen LogP contribution in [0.1, 0.15) is 25.5 Å². The fraction of sp³-hybridized carbons (Fsp3) is 0.417. The first-order valence-electron chi connectivity index (χ1n) is 5.33. The van der Waals surface area contributed by atoms with E-state index in [1.165, 1.54) is 11.1 Å². The van der Waals surface area contributed by atoms with Crippen molar-refractivity contribution in [3.63, 3.8) is 0 Å². The standard InChI is InChI=1S/C12H17N3/c1-9(2)12(13-3)10-8-14-15-7-5-4-6-11(10)15/h4-9,12-13H,1-3H3. The minimum absolute atomic E-state index is 0.366. The third-order valence-electron chi connectivity index (χ3n) is 2.77. The van der Waals surface area contributed by atoms with Crippen LogP contribution in [0.5, 0.6) is 0 Å². The van der Waals surface area contributed by atoms with Crippen molar-refractivity contribution in [2.45, 2.75) is 19.9 Å². The van der Waals surface area contributed by atoms with E-state index in [4.69, 9.17) is 0 Å². The van der Waals surface area contributed by atoms with E-state index in [-0.39, 0.29) is 0 Å².